The molecule has 0 bridgehead atoms. The first-order valence-corrected chi connectivity index (χ1v) is 2.46. The van der Waals surface area contributed by atoms with E-state index in [0.717, 1.165) is 5.70 Å². The Balaban J connectivity index is 3.72. The van der Waals surface area contributed by atoms with E-state index < -0.39 is 0 Å². The molecular formula is C4H10N2S. The van der Waals surface area contributed by atoms with Crippen LogP contribution in [0.2, 0.25) is 0 Å². The van der Waals surface area contributed by atoms with Crippen LogP contribution in [0.5, 0.6) is 0 Å². The minimum Gasteiger partial charge on any atom is -0.392 e. The summed E-state index contributed by atoms with van der Waals surface area (Å²) in [5.41, 5.74) is 6.13. The molecule has 2 nitrogen and oxygen atoms in total. The lowest BCUT2D eigenvalue weighted by atomic mass is 10.5. The third-order valence-corrected chi connectivity index (χ3v) is 1.09. The molecule has 0 fully saturated rings. The second kappa shape index (κ2) is 2.80. The molecule has 0 saturated carbocycles. The van der Waals surface area contributed by atoms with E-state index in [1.54, 1.807) is 7.05 Å². The van der Waals surface area contributed by atoms with Crippen LogP contribution in [0.3, 0.4) is 0 Å². The van der Waals surface area contributed by atoms with Crippen LogP contribution in [-0.4, -0.2) is 7.05 Å². The Kier molecular flexibility index (Phi) is 2.67. The average Bonchev–Trinajstić information content (AvgIpc) is 1.65. The van der Waals surface area contributed by atoms with Crippen molar-refractivity contribution >= 4 is 12.6 Å². The summed E-state index contributed by atoms with van der Waals surface area (Å²) in [5, 5.41) is 3.39. The molecule has 0 aromatic heterocycles. The van der Waals surface area contributed by atoms with Gasteiger partial charge in [0.25, 0.3) is 0 Å². The van der Waals surface area contributed by atoms with Gasteiger partial charge in [-0.1, -0.05) is 0 Å². The van der Waals surface area contributed by atoms with Crippen LogP contribution in [-0.2, 0) is 0 Å². The Bertz CT molecular complexity index is 83.7. The first-order chi connectivity index (χ1) is 3.18. The molecule has 0 heterocycles. The molecule has 0 aliphatic carbocycles. The van der Waals surface area contributed by atoms with Crippen LogP contribution in [0.25, 0.3) is 0 Å². The fourth-order valence-electron chi connectivity index (χ4n) is 0.128. The smallest absolute Gasteiger partial charge is 0.0814 e. The Hall–Kier alpha value is -0.310. The van der Waals surface area contributed by atoms with Gasteiger partial charge in [-0.25, -0.2) is 0 Å². The predicted molar refractivity (Wildman–Crippen MR) is 34.9 cm³/mol. The van der Waals surface area contributed by atoms with E-state index in [4.69, 9.17) is 5.73 Å². The molecular weight excluding hydrogens is 108 g/mol. The van der Waals surface area contributed by atoms with Crippen molar-refractivity contribution in [2.75, 3.05) is 7.05 Å². The van der Waals surface area contributed by atoms with Crippen molar-refractivity contribution < 1.29 is 0 Å². The number of rotatable bonds is 1. The number of hydrogen-bond donors (Lipinski definition) is 3. The van der Waals surface area contributed by atoms with Crippen LogP contribution in [0.15, 0.2) is 10.7 Å². The molecule has 0 spiro atoms. The van der Waals surface area contributed by atoms with Crippen LogP contribution in [0.1, 0.15) is 6.92 Å². The summed E-state index contributed by atoms with van der Waals surface area (Å²) in [6.07, 6.45) is 0. The largest absolute Gasteiger partial charge is 0.392 e. The summed E-state index contributed by atoms with van der Waals surface area (Å²) in [6.45, 7) is 1.86. The second-order valence-electron chi connectivity index (χ2n) is 1.26. The summed E-state index contributed by atoms with van der Waals surface area (Å²) < 4.78 is 0. The Labute approximate surface area is 49.2 Å². The summed E-state index contributed by atoms with van der Waals surface area (Å²) >= 11 is 3.87. The van der Waals surface area contributed by atoms with Gasteiger partial charge in [-0.3, -0.25) is 0 Å². The molecule has 0 aliphatic rings. The lowest BCUT2D eigenvalue weighted by molar-refractivity contribution is 0.976. The fourth-order valence-corrected chi connectivity index (χ4v) is 0.240. The SMILES string of the molecule is CN/C(C)=C(\N)S. The Morgan fingerprint density at radius 1 is 1.71 bits per heavy atom. The summed E-state index contributed by atoms with van der Waals surface area (Å²) in [7, 11) is 1.80. The Morgan fingerprint density at radius 3 is 2.14 bits per heavy atom. The molecule has 0 rings (SSSR count). The van der Waals surface area contributed by atoms with Crippen LogP contribution >= 0.6 is 12.6 Å². The van der Waals surface area contributed by atoms with Gasteiger partial charge < -0.3 is 11.1 Å². The maximum atomic E-state index is 5.23. The number of nitrogens with one attached hydrogen (secondary N) is 1. The molecule has 0 aromatic rings. The van der Waals surface area contributed by atoms with E-state index in [0.29, 0.717) is 5.03 Å². The Morgan fingerprint density at radius 2 is 2.14 bits per heavy atom. The van der Waals surface area contributed by atoms with Gasteiger partial charge in [0.2, 0.25) is 0 Å². The fraction of sp³-hybridized carbons (Fsp3) is 0.500. The van der Waals surface area contributed by atoms with E-state index in [2.05, 4.69) is 17.9 Å². The topological polar surface area (TPSA) is 38.0 Å². The van der Waals surface area contributed by atoms with E-state index in [1.807, 2.05) is 6.92 Å². The minimum atomic E-state index is 0.544. The lowest BCUT2D eigenvalue weighted by Gasteiger charge is -1.97. The second-order valence-corrected chi connectivity index (χ2v) is 1.74. The number of hydrogen-bond acceptors (Lipinski definition) is 3. The zero-order valence-electron chi connectivity index (χ0n) is 4.52. The molecule has 0 amide bonds. The molecule has 0 radical (unpaired) electrons. The van der Waals surface area contributed by atoms with Gasteiger partial charge in [-0.05, 0) is 6.92 Å². The summed E-state index contributed by atoms with van der Waals surface area (Å²) in [6, 6.07) is 0. The normalized spacial score (nSPS) is 13.0. The van der Waals surface area contributed by atoms with Gasteiger partial charge in [-0.15, -0.1) is 12.6 Å². The maximum absolute atomic E-state index is 5.23. The van der Waals surface area contributed by atoms with Crippen molar-refractivity contribution in [2.45, 2.75) is 6.92 Å². The quantitative estimate of drug-likeness (QED) is 0.433. The van der Waals surface area contributed by atoms with Gasteiger partial charge in [0.15, 0.2) is 0 Å². The number of allylic oxidation sites excluding steroid dienone is 1. The molecule has 3 heteroatoms. The van der Waals surface area contributed by atoms with Crippen molar-refractivity contribution in [3.63, 3.8) is 0 Å². The van der Waals surface area contributed by atoms with Crippen LogP contribution in [0.4, 0.5) is 0 Å². The maximum Gasteiger partial charge on any atom is 0.0814 e. The first kappa shape index (κ1) is 6.69. The van der Waals surface area contributed by atoms with Crippen LogP contribution < -0.4 is 11.1 Å². The third kappa shape index (κ3) is 2.39. The van der Waals surface area contributed by atoms with Crippen molar-refractivity contribution in [1.29, 1.82) is 0 Å². The third-order valence-electron chi connectivity index (χ3n) is 0.759. The van der Waals surface area contributed by atoms with E-state index in [-0.39, 0.29) is 0 Å². The minimum absolute atomic E-state index is 0.544. The molecule has 0 saturated heterocycles. The van der Waals surface area contributed by atoms with E-state index in [9.17, 15) is 0 Å². The average molecular weight is 118 g/mol. The van der Waals surface area contributed by atoms with Gasteiger partial charge in [-0.2, -0.15) is 0 Å². The molecule has 3 N–H and O–H groups in total. The molecule has 42 valence electrons. The highest BCUT2D eigenvalue weighted by Gasteiger charge is 1.83. The van der Waals surface area contributed by atoms with Gasteiger partial charge in [0.1, 0.15) is 0 Å². The van der Waals surface area contributed by atoms with Gasteiger partial charge in [0, 0.05) is 12.7 Å². The highest BCUT2D eigenvalue weighted by molar-refractivity contribution is 7.84. The van der Waals surface area contributed by atoms with Crippen molar-refractivity contribution in [1.82, 2.24) is 5.32 Å². The highest BCUT2D eigenvalue weighted by atomic mass is 32.1. The predicted octanol–water partition coefficient (Wildman–Crippen LogP) is 0.283. The first-order valence-electron chi connectivity index (χ1n) is 2.01. The number of thiol groups is 1. The van der Waals surface area contributed by atoms with Crippen molar-refractivity contribution in [3.05, 3.63) is 10.7 Å². The van der Waals surface area contributed by atoms with Gasteiger partial charge in [0.05, 0.1) is 5.03 Å². The van der Waals surface area contributed by atoms with Crippen molar-refractivity contribution in [2.24, 2.45) is 5.73 Å². The molecule has 0 atom stereocenters. The van der Waals surface area contributed by atoms with Crippen molar-refractivity contribution in [3.8, 4) is 0 Å². The standard InChI is InChI=1S/C4H10N2S/c1-3(6-2)4(5)7/h6-7H,5H2,1-2H3/b4-3+. The lowest BCUT2D eigenvalue weighted by Crippen LogP contribution is -2.07. The molecule has 0 unspecified atom stereocenters. The zero-order valence-corrected chi connectivity index (χ0v) is 5.42. The van der Waals surface area contributed by atoms with E-state index in [1.165, 1.54) is 0 Å². The zero-order chi connectivity index (χ0) is 5.86. The van der Waals surface area contributed by atoms with Crippen LogP contribution in [0, 0.1) is 0 Å². The van der Waals surface area contributed by atoms with Gasteiger partial charge >= 0.3 is 0 Å². The summed E-state index contributed by atoms with van der Waals surface area (Å²) in [5.74, 6) is 0. The van der Waals surface area contributed by atoms with E-state index >= 15 is 0 Å². The molecule has 7 heavy (non-hydrogen) atoms. The summed E-state index contributed by atoms with van der Waals surface area (Å²) in [4.78, 5) is 0. The molecule has 0 aromatic carbocycles. The molecule has 0 aliphatic heterocycles. The highest BCUT2D eigenvalue weighted by Crippen LogP contribution is 1.94. The monoisotopic (exact) mass is 118 g/mol. The number of nitrogens with two attached hydrogens (primary N) is 1.